The first kappa shape index (κ1) is 17.4. The van der Waals surface area contributed by atoms with Crippen LogP contribution < -0.4 is 4.72 Å². The van der Waals surface area contributed by atoms with Crippen molar-refractivity contribution in [3.63, 3.8) is 0 Å². The molecule has 0 aliphatic heterocycles. The minimum atomic E-state index is -4.00. The van der Waals surface area contributed by atoms with Gasteiger partial charge < -0.3 is 5.11 Å². The van der Waals surface area contributed by atoms with Crippen LogP contribution in [0.4, 0.5) is 11.4 Å². The number of sulfonamides is 1. The van der Waals surface area contributed by atoms with Gasteiger partial charge in [-0.15, -0.1) is 0 Å². The second kappa shape index (κ2) is 6.28. The monoisotopic (exact) mass is 350 g/mol. The molecule has 0 spiro atoms. The molecule has 2 N–H and O–H groups in total. The molecule has 0 saturated carbocycles. The van der Waals surface area contributed by atoms with Crippen LogP contribution in [0.1, 0.15) is 21.5 Å². The van der Waals surface area contributed by atoms with E-state index in [0.29, 0.717) is 0 Å². The van der Waals surface area contributed by atoms with Gasteiger partial charge in [0, 0.05) is 6.07 Å². The summed E-state index contributed by atoms with van der Waals surface area (Å²) in [6.45, 7) is 3.14. The number of nitro benzene ring substituents is 1. The Balaban J connectivity index is 2.54. The van der Waals surface area contributed by atoms with E-state index in [9.17, 15) is 23.3 Å². The Kier molecular flexibility index (Phi) is 4.56. The summed E-state index contributed by atoms with van der Waals surface area (Å²) in [5.41, 5.74) is -0.109. The average Bonchev–Trinajstić information content (AvgIpc) is 2.49. The number of aryl methyl sites for hydroxylation is 1. The lowest BCUT2D eigenvalue weighted by molar-refractivity contribution is -0.385. The molecule has 0 amide bonds. The quantitative estimate of drug-likeness (QED) is 0.630. The predicted molar refractivity (Wildman–Crippen MR) is 86.8 cm³/mol. The van der Waals surface area contributed by atoms with Gasteiger partial charge in [-0.05, 0) is 32.0 Å². The maximum absolute atomic E-state index is 12.4. The molecule has 0 aromatic heterocycles. The lowest BCUT2D eigenvalue weighted by atomic mass is 10.1. The number of nitrogens with one attached hydrogen (secondary N) is 1. The van der Waals surface area contributed by atoms with Crippen molar-refractivity contribution in [3.8, 4) is 0 Å². The maximum Gasteiger partial charge on any atom is 0.336 e. The van der Waals surface area contributed by atoms with E-state index in [1.807, 2.05) is 0 Å². The van der Waals surface area contributed by atoms with Crippen LogP contribution in [0.5, 0.6) is 0 Å². The number of aromatic carboxylic acids is 1. The molecule has 0 saturated heterocycles. The summed E-state index contributed by atoms with van der Waals surface area (Å²) in [5.74, 6) is -1.39. The van der Waals surface area contributed by atoms with Gasteiger partial charge in [-0.3, -0.25) is 14.8 Å². The lowest BCUT2D eigenvalue weighted by Crippen LogP contribution is -2.15. The minimum Gasteiger partial charge on any atom is -0.478 e. The molecular formula is C15H14N2O6S. The normalized spacial score (nSPS) is 11.1. The van der Waals surface area contributed by atoms with E-state index in [1.54, 1.807) is 19.1 Å². The second-order valence-corrected chi connectivity index (χ2v) is 6.83. The molecule has 9 heteroatoms. The van der Waals surface area contributed by atoms with E-state index in [1.165, 1.54) is 19.1 Å². The summed E-state index contributed by atoms with van der Waals surface area (Å²) in [7, 11) is -4.00. The van der Waals surface area contributed by atoms with Crippen LogP contribution in [0.2, 0.25) is 0 Å². The Morgan fingerprint density at radius 3 is 2.25 bits per heavy atom. The number of carbonyl (C=O) groups is 1. The zero-order chi connectivity index (χ0) is 18.1. The van der Waals surface area contributed by atoms with Crippen molar-refractivity contribution in [1.29, 1.82) is 0 Å². The highest BCUT2D eigenvalue weighted by atomic mass is 32.2. The summed E-state index contributed by atoms with van der Waals surface area (Å²) in [4.78, 5) is 21.4. The van der Waals surface area contributed by atoms with Gasteiger partial charge in [0.1, 0.15) is 0 Å². The fourth-order valence-electron chi connectivity index (χ4n) is 2.04. The zero-order valence-corrected chi connectivity index (χ0v) is 13.6. The topological polar surface area (TPSA) is 127 Å². The number of anilines is 1. The number of benzene rings is 2. The smallest absolute Gasteiger partial charge is 0.336 e. The number of rotatable bonds is 5. The van der Waals surface area contributed by atoms with Crippen LogP contribution in [0.3, 0.4) is 0 Å². The fraction of sp³-hybridized carbons (Fsp3) is 0.133. The number of nitrogens with zero attached hydrogens (tertiary/aromatic N) is 1. The standard InChI is InChI=1S/C15H14N2O6S/c1-9-3-5-12(6-4-9)24(22,23)16-13-7-11(15(18)19)8-14(10(13)2)17(20)21/h3-8,16H,1-2H3,(H,18,19). The summed E-state index contributed by atoms with van der Waals surface area (Å²) in [5, 5.41) is 20.1. The van der Waals surface area contributed by atoms with Crippen LogP contribution >= 0.6 is 0 Å². The molecule has 126 valence electrons. The van der Waals surface area contributed by atoms with E-state index in [-0.39, 0.29) is 21.7 Å². The largest absolute Gasteiger partial charge is 0.478 e. The molecule has 0 fully saturated rings. The van der Waals surface area contributed by atoms with Gasteiger partial charge >= 0.3 is 5.97 Å². The molecule has 0 atom stereocenters. The first-order valence-corrected chi connectivity index (χ1v) is 8.22. The van der Waals surface area contributed by atoms with Gasteiger partial charge in [0.25, 0.3) is 15.7 Å². The summed E-state index contributed by atoms with van der Waals surface area (Å²) >= 11 is 0. The first-order chi connectivity index (χ1) is 11.1. The third kappa shape index (κ3) is 3.51. The molecule has 0 bridgehead atoms. The lowest BCUT2D eigenvalue weighted by Gasteiger charge is -2.12. The first-order valence-electron chi connectivity index (χ1n) is 6.73. The van der Waals surface area contributed by atoms with Crippen molar-refractivity contribution in [2.75, 3.05) is 4.72 Å². The molecule has 0 heterocycles. The molecular weight excluding hydrogens is 336 g/mol. The van der Waals surface area contributed by atoms with E-state index < -0.39 is 26.6 Å². The van der Waals surface area contributed by atoms with Gasteiger partial charge in [-0.2, -0.15) is 0 Å². The highest BCUT2D eigenvalue weighted by Gasteiger charge is 2.22. The SMILES string of the molecule is Cc1ccc(S(=O)(=O)Nc2cc(C(=O)O)cc([N+](=O)[O-])c2C)cc1. The number of carboxylic acids is 1. The molecule has 8 nitrogen and oxygen atoms in total. The highest BCUT2D eigenvalue weighted by Crippen LogP contribution is 2.29. The van der Waals surface area contributed by atoms with Crippen molar-refractivity contribution in [3.05, 3.63) is 63.2 Å². The van der Waals surface area contributed by atoms with Crippen LogP contribution in [0.25, 0.3) is 0 Å². The second-order valence-electron chi connectivity index (χ2n) is 5.15. The molecule has 0 aliphatic rings. The number of hydrogen-bond donors (Lipinski definition) is 2. The molecule has 0 aliphatic carbocycles. The predicted octanol–water partition coefficient (Wildman–Crippen LogP) is 2.71. The molecule has 2 aromatic rings. The van der Waals surface area contributed by atoms with Crippen molar-refractivity contribution in [1.82, 2.24) is 0 Å². The summed E-state index contributed by atoms with van der Waals surface area (Å²) in [6, 6.07) is 7.94. The van der Waals surface area contributed by atoms with E-state index in [2.05, 4.69) is 4.72 Å². The molecule has 0 radical (unpaired) electrons. The van der Waals surface area contributed by atoms with Crippen molar-refractivity contribution in [2.24, 2.45) is 0 Å². The van der Waals surface area contributed by atoms with Gasteiger partial charge in [0.15, 0.2) is 0 Å². The number of hydrogen-bond acceptors (Lipinski definition) is 5. The summed E-state index contributed by atoms with van der Waals surface area (Å²) in [6.07, 6.45) is 0. The third-order valence-electron chi connectivity index (χ3n) is 3.40. The highest BCUT2D eigenvalue weighted by molar-refractivity contribution is 7.92. The van der Waals surface area contributed by atoms with Gasteiger partial charge in [-0.25, -0.2) is 13.2 Å². The molecule has 2 rings (SSSR count). The Morgan fingerprint density at radius 2 is 1.75 bits per heavy atom. The maximum atomic E-state index is 12.4. The van der Waals surface area contributed by atoms with Crippen LogP contribution in [-0.4, -0.2) is 24.4 Å². The van der Waals surface area contributed by atoms with Gasteiger partial charge in [0.05, 0.1) is 26.6 Å². The minimum absolute atomic E-state index is 0.0284. The zero-order valence-electron chi connectivity index (χ0n) is 12.8. The Bertz CT molecular complexity index is 920. The number of nitro groups is 1. The molecule has 24 heavy (non-hydrogen) atoms. The van der Waals surface area contributed by atoms with Crippen molar-refractivity contribution in [2.45, 2.75) is 18.7 Å². The van der Waals surface area contributed by atoms with Gasteiger partial charge in [0.2, 0.25) is 0 Å². The fourth-order valence-corrected chi connectivity index (χ4v) is 3.15. The molecule has 0 unspecified atom stereocenters. The average molecular weight is 350 g/mol. The van der Waals surface area contributed by atoms with E-state index >= 15 is 0 Å². The van der Waals surface area contributed by atoms with Crippen LogP contribution in [-0.2, 0) is 10.0 Å². The van der Waals surface area contributed by atoms with Crippen LogP contribution in [0, 0.1) is 24.0 Å². The number of carboxylic acid groups (broad SMARTS) is 1. The van der Waals surface area contributed by atoms with Crippen molar-refractivity contribution < 1.29 is 23.2 Å². The van der Waals surface area contributed by atoms with Gasteiger partial charge in [-0.1, -0.05) is 17.7 Å². The van der Waals surface area contributed by atoms with E-state index in [4.69, 9.17) is 5.11 Å². The Hall–Kier alpha value is -2.94. The van der Waals surface area contributed by atoms with Crippen molar-refractivity contribution >= 4 is 27.4 Å². The van der Waals surface area contributed by atoms with E-state index in [0.717, 1.165) is 17.7 Å². The Labute approximate surface area is 138 Å². The molecule has 2 aromatic carbocycles. The summed E-state index contributed by atoms with van der Waals surface area (Å²) < 4.78 is 27.0. The van der Waals surface area contributed by atoms with Crippen LogP contribution in [0.15, 0.2) is 41.3 Å². The third-order valence-corrected chi connectivity index (χ3v) is 4.78. The Morgan fingerprint density at radius 1 is 1.17 bits per heavy atom.